The summed E-state index contributed by atoms with van der Waals surface area (Å²) in [6.45, 7) is 4.39. The number of halogens is 1. The van der Waals surface area contributed by atoms with Crippen molar-refractivity contribution in [1.29, 1.82) is 0 Å². The number of carbonyl (C=O) groups excluding carboxylic acids is 3. The molecule has 2 fully saturated rings. The lowest BCUT2D eigenvalue weighted by Crippen LogP contribution is -2.51. The van der Waals surface area contributed by atoms with Crippen LogP contribution in [0.4, 0.5) is 4.39 Å². The normalized spacial score (nSPS) is 18.8. The van der Waals surface area contributed by atoms with Gasteiger partial charge in [-0.15, -0.1) is 0 Å². The summed E-state index contributed by atoms with van der Waals surface area (Å²) in [6.07, 6.45) is 5.05. The average molecular weight is 422 g/mol. The molecule has 1 saturated carbocycles. The van der Waals surface area contributed by atoms with Crippen molar-refractivity contribution < 1.29 is 21.6 Å². The molecule has 2 aliphatic rings. The molecule has 1 aliphatic carbocycles. The number of hydrogen-bond donors (Lipinski definition) is 2. The minimum atomic E-state index is -0.581. The summed E-state index contributed by atoms with van der Waals surface area (Å²) in [5.41, 5.74) is 5.74. The highest BCUT2D eigenvalue weighted by Gasteiger charge is 2.35. The van der Waals surface area contributed by atoms with Crippen LogP contribution in [0.25, 0.3) is 0 Å². The smallest absolute Gasteiger partial charge is 0.254 e. The van der Waals surface area contributed by atoms with E-state index in [1.54, 1.807) is 17.0 Å². The largest absolute Gasteiger partial charge is 0.342 e. The fourth-order valence-corrected chi connectivity index (χ4v) is 4.52. The molecule has 0 aromatic heterocycles. The lowest BCUT2D eigenvalue weighted by molar-refractivity contribution is -0.134. The lowest BCUT2D eigenvalue weighted by atomic mass is 9.80. The standard InChI is InChI=1S/C23H32FN3O3.2H2/c1-14(2)22(29)21(15-7-4-3-5-8-15)26-23(30)18-10-6-9-17(20(18)24)16-12-27(13-16)19(28)11-25;;/h6,9-10,14-16,21H,3-5,7-8,11-13,25H2,1-2H3,(H,26,30);2*1H/t21-;;/m1../s1. The topological polar surface area (TPSA) is 92.5 Å². The van der Waals surface area contributed by atoms with E-state index in [0.29, 0.717) is 18.7 Å². The number of nitrogens with zero attached hydrogens (tertiary/aromatic N) is 1. The monoisotopic (exact) mass is 421 g/mol. The highest BCUT2D eigenvalue weighted by molar-refractivity contribution is 5.98. The van der Waals surface area contributed by atoms with Gasteiger partial charge in [0, 0.05) is 27.8 Å². The van der Waals surface area contributed by atoms with Gasteiger partial charge in [0.2, 0.25) is 5.91 Å². The number of amides is 2. The van der Waals surface area contributed by atoms with Crippen LogP contribution in [0.2, 0.25) is 0 Å². The Bertz CT molecular complexity index is 810. The van der Waals surface area contributed by atoms with Crippen molar-refractivity contribution >= 4 is 17.6 Å². The van der Waals surface area contributed by atoms with Gasteiger partial charge in [0.15, 0.2) is 5.78 Å². The molecule has 3 rings (SSSR count). The Balaban J connectivity index is 0.00000256. The van der Waals surface area contributed by atoms with Gasteiger partial charge < -0.3 is 16.0 Å². The molecular weight excluding hydrogens is 385 g/mol. The summed E-state index contributed by atoms with van der Waals surface area (Å²) in [5.74, 6) is -1.53. The summed E-state index contributed by atoms with van der Waals surface area (Å²) in [6, 6.07) is 4.18. The van der Waals surface area contributed by atoms with Crippen LogP contribution in [0, 0.1) is 17.7 Å². The highest BCUT2D eigenvalue weighted by Crippen LogP contribution is 2.31. The Morgan fingerprint density at radius 2 is 1.87 bits per heavy atom. The zero-order valence-corrected chi connectivity index (χ0v) is 17.8. The number of ketones is 1. The highest BCUT2D eigenvalue weighted by atomic mass is 19.1. The molecule has 0 bridgehead atoms. The molecule has 1 heterocycles. The van der Waals surface area contributed by atoms with Crippen molar-refractivity contribution in [2.45, 2.75) is 57.9 Å². The van der Waals surface area contributed by atoms with Gasteiger partial charge in [0.05, 0.1) is 18.2 Å². The molecule has 7 heteroatoms. The van der Waals surface area contributed by atoms with Gasteiger partial charge in [-0.25, -0.2) is 4.39 Å². The van der Waals surface area contributed by atoms with E-state index in [-0.39, 0.29) is 44.4 Å². The minimum absolute atomic E-state index is 0. The summed E-state index contributed by atoms with van der Waals surface area (Å²) in [5, 5.41) is 2.85. The van der Waals surface area contributed by atoms with E-state index in [0.717, 1.165) is 32.1 Å². The maximum Gasteiger partial charge on any atom is 0.254 e. The van der Waals surface area contributed by atoms with Crippen molar-refractivity contribution in [1.82, 2.24) is 10.2 Å². The van der Waals surface area contributed by atoms with E-state index in [9.17, 15) is 14.4 Å². The number of rotatable bonds is 7. The third kappa shape index (κ3) is 4.72. The second-order valence-electron chi connectivity index (χ2n) is 8.81. The van der Waals surface area contributed by atoms with Crippen molar-refractivity contribution in [3.05, 3.63) is 35.1 Å². The summed E-state index contributed by atoms with van der Waals surface area (Å²) >= 11 is 0. The van der Waals surface area contributed by atoms with Crippen molar-refractivity contribution in [3.63, 3.8) is 0 Å². The van der Waals surface area contributed by atoms with Crippen LogP contribution in [0.15, 0.2) is 18.2 Å². The van der Waals surface area contributed by atoms with E-state index in [4.69, 9.17) is 5.73 Å². The van der Waals surface area contributed by atoms with E-state index in [1.165, 1.54) is 6.07 Å². The van der Waals surface area contributed by atoms with Crippen LogP contribution >= 0.6 is 0 Å². The third-order valence-electron chi connectivity index (χ3n) is 6.41. The fraction of sp³-hybridized carbons (Fsp3) is 0.609. The fourth-order valence-electron chi connectivity index (χ4n) is 4.52. The van der Waals surface area contributed by atoms with E-state index in [1.807, 2.05) is 13.8 Å². The Morgan fingerprint density at radius 3 is 2.47 bits per heavy atom. The maximum atomic E-state index is 15.2. The van der Waals surface area contributed by atoms with E-state index in [2.05, 4.69) is 5.32 Å². The van der Waals surface area contributed by atoms with Crippen molar-refractivity contribution in [2.24, 2.45) is 17.6 Å². The number of carbonyl (C=O) groups is 3. The first-order valence-electron chi connectivity index (χ1n) is 10.9. The first-order chi connectivity index (χ1) is 14.3. The molecule has 2 amide bonds. The molecule has 0 radical (unpaired) electrons. The molecule has 1 aromatic carbocycles. The average Bonchev–Trinajstić information content (AvgIpc) is 2.71. The van der Waals surface area contributed by atoms with Gasteiger partial charge in [0.1, 0.15) is 5.82 Å². The SMILES string of the molecule is CC(C)C(=O)[C@H](NC(=O)c1cccc(C2CN(C(=O)CN)C2)c1F)C1CCCCC1.[HH].[HH]. The second-order valence-corrected chi connectivity index (χ2v) is 8.81. The third-order valence-corrected chi connectivity index (χ3v) is 6.41. The molecule has 1 aromatic rings. The predicted molar refractivity (Wildman–Crippen MR) is 117 cm³/mol. The first-order valence-corrected chi connectivity index (χ1v) is 10.9. The van der Waals surface area contributed by atoms with Crippen LogP contribution in [0.1, 0.15) is 70.6 Å². The molecule has 3 N–H and O–H groups in total. The van der Waals surface area contributed by atoms with Crippen LogP contribution in [0.5, 0.6) is 0 Å². The van der Waals surface area contributed by atoms with Crippen LogP contribution < -0.4 is 11.1 Å². The quantitative estimate of drug-likeness (QED) is 0.708. The van der Waals surface area contributed by atoms with E-state index < -0.39 is 17.8 Å². The number of benzene rings is 1. The zero-order chi connectivity index (χ0) is 21.8. The molecule has 6 nitrogen and oxygen atoms in total. The number of nitrogens with two attached hydrogens (primary N) is 1. The van der Waals surface area contributed by atoms with Gasteiger partial charge in [0.25, 0.3) is 5.91 Å². The molecule has 1 saturated heterocycles. The van der Waals surface area contributed by atoms with Crippen molar-refractivity contribution in [3.8, 4) is 0 Å². The first kappa shape index (κ1) is 22.4. The van der Waals surface area contributed by atoms with Gasteiger partial charge >= 0.3 is 0 Å². The van der Waals surface area contributed by atoms with Gasteiger partial charge in [-0.3, -0.25) is 14.4 Å². The van der Waals surface area contributed by atoms with Crippen LogP contribution in [-0.4, -0.2) is 48.2 Å². The predicted octanol–water partition coefficient (Wildman–Crippen LogP) is 3.11. The molecule has 168 valence electrons. The second kappa shape index (κ2) is 9.69. The van der Waals surface area contributed by atoms with Gasteiger partial charge in [-0.05, 0) is 30.4 Å². The Hall–Kier alpha value is -2.28. The number of Topliss-reactive ketones (excluding diaryl/α,β-unsaturated/α-hetero) is 1. The number of hydrogen-bond acceptors (Lipinski definition) is 4. The number of likely N-dealkylation sites (tertiary alicyclic amines) is 1. The van der Waals surface area contributed by atoms with Gasteiger partial charge in [-0.2, -0.15) is 0 Å². The summed E-state index contributed by atoms with van der Waals surface area (Å²) < 4.78 is 15.2. The van der Waals surface area contributed by atoms with Crippen molar-refractivity contribution in [2.75, 3.05) is 19.6 Å². The van der Waals surface area contributed by atoms with Gasteiger partial charge in [-0.1, -0.05) is 45.2 Å². The Kier molecular flexibility index (Phi) is 7.23. The molecule has 0 unspecified atom stereocenters. The molecule has 1 aliphatic heterocycles. The molecular formula is C23H36FN3O3. The summed E-state index contributed by atoms with van der Waals surface area (Å²) in [4.78, 5) is 39.0. The summed E-state index contributed by atoms with van der Waals surface area (Å²) in [7, 11) is 0. The Morgan fingerprint density at radius 1 is 1.20 bits per heavy atom. The molecule has 1 atom stereocenters. The molecule has 30 heavy (non-hydrogen) atoms. The number of nitrogens with one attached hydrogen (secondary N) is 1. The van der Waals surface area contributed by atoms with Crippen LogP contribution in [-0.2, 0) is 9.59 Å². The zero-order valence-electron chi connectivity index (χ0n) is 17.8. The Labute approximate surface area is 180 Å². The van der Waals surface area contributed by atoms with Crippen LogP contribution in [0.3, 0.4) is 0 Å². The lowest BCUT2D eigenvalue weighted by Gasteiger charge is -2.39. The molecule has 0 spiro atoms. The van der Waals surface area contributed by atoms with E-state index >= 15 is 4.39 Å². The maximum absolute atomic E-state index is 15.2. The minimum Gasteiger partial charge on any atom is -0.342 e.